The van der Waals surface area contributed by atoms with Crippen molar-refractivity contribution in [3.8, 4) is 0 Å². The van der Waals surface area contributed by atoms with Crippen LogP contribution >= 0.6 is 11.3 Å². The van der Waals surface area contributed by atoms with Gasteiger partial charge in [0.1, 0.15) is 5.01 Å². The lowest BCUT2D eigenvalue weighted by Crippen LogP contribution is -2.15. The van der Waals surface area contributed by atoms with Crippen molar-refractivity contribution in [2.75, 3.05) is 11.9 Å². The van der Waals surface area contributed by atoms with E-state index >= 15 is 0 Å². The lowest BCUT2D eigenvalue weighted by atomic mass is 10.2. The third-order valence-corrected chi connectivity index (χ3v) is 3.83. The molecule has 0 saturated heterocycles. The van der Waals surface area contributed by atoms with Crippen LogP contribution in [0.3, 0.4) is 0 Å². The smallest absolute Gasteiger partial charge is 0.203 e. The number of nitrogens with zero attached hydrogens (tertiary/aromatic N) is 3. The van der Waals surface area contributed by atoms with Crippen molar-refractivity contribution in [2.45, 2.75) is 33.7 Å². The molecular weight excluding hydrogens is 244 g/mol. The highest BCUT2D eigenvalue weighted by Gasteiger charge is 2.14. The van der Waals surface area contributed by atoms with E-state index in [2.05, 4.69) is 47.5 Å². The molecule has 5 heteroatoms. The number of nitrogens with one attached hydrogen (secondary N) is 1. The van der Waals surface area contributed by atoms with Crippen LogP contribution in [0.1, 0.15) is 36.7 Å². The fourth-order valence-electron chi connectivity index (χ4n) is 1.74. The Hall–Kier alpha value is -1.36. The minimum absolute atomic E-state index is 0.223. The molecule has 2 aromatic heterocycles. The van der Waals surface area contributed by atoms with E-state index in [0.717, 1.165) is 17.5 Å². The Labute approximate surface area is 112 Å². The summed E-state index contributed by atoms with van der Waals surface area (Å²) in [5.74, 6) is 1.52. The first kappa shape index (κ1) is 13.1. The Morgan fingerprint density at radius 2 is 2.11 bits per heavy atom. The molecule has 2 rings (SSSR count). The molecule has 0 spiro atoms. The molecule has 2 heterocycles. The summed E-state index contributed by atoms with van der Waals surface area (Å²) in [5.41, 5.74) is 0. The van der Waals surface area contributed by atoms with E-state index in [0.29, 0.717) is 5.92 Å². The Kier molecular flexibility index (Phi) is 4.01. The second-order valence-corrected chi connectivity index (χ2v) is 6.18. The van der Waals surface area contributed by atoms with Crippen LogP contribution in [-0.2, 0) is 0 Å². The third-order valence-electron chi connectivity index (χ3n) is 2.75. The molecule has 2 aromatic rings. The van der Waals surface area contributed by atoms with Crippen LogP contribution < -0.4 is 5.32 Å². The van der Waals surface area contributed by atoms with Crippen LogP contribution in [0.5, 0.6) is 0 Å². The fraction of sp³-hybridized carbons (Fsp3) is 0.538. The van der Waals surface area contributed by atoms with Crippen molar-refractivity contribution in [1.82, 2.24) is 14.5 Å². The van der Waals surface area contributed by atoms with Crippen LogP contribution in [0.4, 0.5) is 5.95 Å². The first-order valence-electron chi connectivity index (χ1n) is 6.27. The topological polar surface area (TPSA) is 42.7 Å². The van der Waals surface area contributed by atoms with Crippen molar-refractivity contribution in [3.05, 3.63) is 28.5 Å². The van der Waals surface area contributed by atoms with Crippen molar-refractivity contribution in [1.29, 1.82) is 0 Å². The van der Waals surface area contributed by atoms with Gasteiger partial charge in [-0.25, -0.2) is 9.97 Å². The zero-order valence-corrected chi connectivity index (χ0v) is 12.2. The molecule has 0 fully saturated rings. The van der Waals surface area contributed by atoms with Crippen LogP contribution in [0.15, 0.2) is 18.6 Å². The number of hydrogen-bond acceptors (Lipinski definition) is 4. The van der Waals surface area contributed by atoms with E-state index in [1.54, 1.807) is 11.3 Å². The predicted octanol–water partition coefficient (Wildman–Crippen LogP) is 3.33. The molecule has 0 aliphatic carbocycles. The van der Waals surface area contributed by atoms with E-state index in [-0.39, 0.29) is 6.04 Å². The predicted molar refractivity (Wildman–Crippen MR) is 76.2 cm³/mol. The Balaban J connectivity index is 2.15. The summed E-state index contributed by atoms with van der Waals surface area (Å²) in [7, 11) is 0. The Morgan fingerprint density at radius 3 is 2.72 bits per heavy atom. The highest BCUT2D eigenvalue weighted by Crippen LogP contribution is 2.25. The number of hydrogen-bond donors (Lipinski definition) is 1. The summed E-state index contributed by atoms with van der Waals surface area (Å²) in [6, 6.07) is 0.223. The molecule has 0 bridgehead atoms. The van der Waals surface area contributed by atoms with E-state index in [9.17, 15) is 0 Å². The molecular formula is C13H20N4S. The minimum Gasteiger partial charge on any atom is -0.355 e. The van der Waals surface area contributed by atoms with E-state index < -0.39 is 0 Å². The van der Waals surface area contributed by atoms with E-state index in [1.807, 2.05) is 18.6 Å². The van der Waals surface area contributed by atoms with Crippen molar-refractivity contribution in [3.63, 3.8) is 0 Å². The molecule has 98 valence electrons. The van der Waals surface area contributed by atoms with Crippen LogP contribution in [0.25, 0.3) is 0 Å². The highest BCUT2D eigenvalue weighted by molar-refractivity contribution is 7.11. The zero-order chi connectivity index (χ0) is 13.1. The molecule has 1 unspecified atom stereocenters. The second kappa shape index (κ2) is 5.52. The zero-order valence-electron chi connectivity index (χ0n) is 11.3. The number of thiazole rings is 1. The van der Waals surface area contributed by atoms with Crippen LogP contribution in [0.2, 0.25) is 0 Å². The summed E-state index contributed by atoms with van der Waals surface area (Å²) in [6.07, 6.45) is 5.76. The molecule has 0 aromatic carbocycles. The van der Waals surface area contributed by atoms with Gasteiger partial charge in [0, 0.05) is 30.0 Å². The maximum absolute atomic E-state index is 4.45. The fourth-order valence-corrected chi connectivity index (χ4v) is 2.57. The van der Waals surface area contributed by atoms with Gasteiger partial charge in [-0.2, -0.15) is 0 Å². The maximum atomic E-state index is 4.45. The van der Waals surface area contributed by atoms with Gasteiger partial charge in [0.2, 0.25) is 5.95 Å². The largest absolute Gasteiger partial charge is 0.355 e. The SMILES string of the molecule is Cc1cnc(C(C)n2ccnc2NCC(C)C)s1. The van der Waals surface area contributed by atoms with Gasteiger partial charge in [0.25, 0.3) is 0 Å². The monoisotopic (exact) mass is 264 g/mol. The first-order valence-corrected chi connectivity index (χ1v) is 7.08. The summed E-state index contributed by atoms with van der Waals surface area (Å²) >= 11 is 1.74. The molecule has 1 N–H and O–H groups in total. The Morgan fingerprint density at radius 1 is 1.33 bits per heavy atom. The maximum Gasteiger partial charge on any atom is 0.203 e. The van der Waals surface area contributed by atoms with Crippen LogP contribution in [-0.4, -0.2) is 21.1 Å². The molecule has 0 radical (unpaired) electrons. The number of aromatic nitrogens is 3. The average Bonchev–Trinajstić information content (AvgIpc) is 2.93. The molecule has 0 amide bonds. The molecule has 18 heavy (non-hydrogen) atoms. The van der Waals surface area contributed by atoms with Gasteiger partial charge in [-0.3, -0.25) is 0 Å². The summed E-state index contributed by atoms with van der Waals surface area (Å²) in [4.78, 5) is 10.1. The van der Waals surface area contributed by atoms with Gasteiger partial charge in [-0.05, 0) is 19.8 Å². The second-order valence-electron chi connectivity index (χ2n) is 4.92. The minimum atomic E-state index is 0.223. The van der Waals surface area contributed by atoms with E-state index in [1.165, 1.54) is 4.88 Å². The van der Waals surface area contributed by atoms with Crippen LogP contribution in [0, 0.1) is 12.8 Å². The molecule has 1 atom stereocenters. The number of imidazole rings is 1. The molecule has 4 nitrogen and oxygen atoms in total. The molecule has 0 aliphatic rings. The number of aryl methyl sites for hydroxylation is 1. The summed E-state index contributed by atoms with van der Waals surface area (Å²) < 4.78 is 2.14. The summed E-state index contributed by atoms with van der Waals surface area (Å²) in [6.45, 7) is 9.54. The normalized spacial score (nSPS) is 12.9. The lowest BCUT2D eigenvalue weighted by molar-refractivity contribution is 0.625. The molecule has 0 saturated carbocycles. The quantitative estimate of drug-likeness (QED) is 0.900. The third kappa shape index (κ3) is 2.90. The van der Waals surface area contributed by atoms with E-state index in [4.69, 9.17) is 0 Å². The standard InChI is InChI=1S/C13H20N4S/c1-9(2)7-16-13-14-5-6-17(13)11(4)12-15-8-10(3)18-12/h5-6,8-9,11H,7H2,1-4H3,(H,14,16). The highest BCUT2D eigenvalue weighted by atomic mass is 32.1. The van der Waals surface area contributed by atoms with Gasteiger partial charge in [0.15, 0.2) is 0 Å². The number of anilines is 1. The van der Waals surface area contributed by atoms with Gasteiger partial charge in [0.05, 0.1) is 6.04 Å². The molecule has 0 aliphatic heterocycles. The van der Waals surface area contributed by atoms with Gasteiger partial charge in [-0.15, -0.1) is 11.3 Å². The van der Waals surface area contributed by atoms with Gasteiger partial charge in [-0.1, -0.05) is 13.8 Å². The van der Waals surface area contributed by atoms with Gasteiger partial charge < -0.3 is 9.88 Å². The number of rotatable bonds is 5. The first-order chi connectivity index (χ1) is 8.58. The van der Waals surface area contributed by atoms with Gasteiger partial charge >= 0.3 is 0 Å². The van der Waals surface area contributed by atoms with Crippen molar-refractivity contribution < 1.29 is 0 Å². The average molecular weight is 264 g/mol. The van der Waals surface area contributed by atoms with Crippen molar-refractivity contribution >= 4 is 17.3 Å². The Bertz CT molecular complexity index is 501. The summed E-state index contributed by atoms with van der Waals surface area (Å²) in [5, 5.41) is 4.50. The lowest BCUT2D eigenvalue weighted by Gasteiger charge is -2.15. The van der Waals surface area contributed by atoms with Crippen molar-refractivity contribution in [2.24, 2.45) is 5.92 Å².